The average molecular weight is 462 g/mol. The number of hydrogen-bond donors (Lipinski definition) is 1. The smallest absolute Gasteiger partial charge is 0.158 e. The summed E-state index contributed by atoms with van der Waals surface area (Å²) in [5.41, 5.74) is 15.6. The predicted molar refractivity (Wildman–Crippen MR) is 152 cm³/mol. The van der Waals surface area contributed by atoms with Crippen LogP contribution in [0.1, 0.15) is 0 Å². The van der Waals surface area contributed by atoms with E-state index in [0.29, 0.717) is 5.69 Å². The Kier molecular flexibility index (Phi) is 4.65. The van der Waals surface area contributed by atoms with E-state index in [-0.39, 0.29) is 0 Å². The number of furan rings is 1. The van der Waals surface area contributed by atoms with Gasteiger partial charge in [0.2, 0.25) is 0 Å². The molecule has 0 fully saturated rings. The first kappa shape index (κ1) is 20.5. The van der Waals surface area contributed by atoms with Gasteiger partial charge in [-0.05, 0) is 45.3 Å². The van der Waals surface area contributed by atoms with Crippen molar-refractivity contribution in [3.63, 3.8) is 0 Å². The minimum Gasteiger partial charge on any atom is -0.453 e. The van der Waals surface area contributed by atoms with E-state index in [0.717, 1.165) is 33.1 Å². The quantitative estimate of drug-likeness (QED) is 0.266. The van der Waals surface area contributed by atoms with E-state index in [1.807, 2.05) is 24.3 Å². The lowest BCUT2D eigenvalue weighted by Crippen LogP contribution is -1.87. The molecule has 0 aliphatic heterocycles. The van der Waals surface area contributed by atoms with Crippen molar-refractivity contribution in [2.24, 2.45) is 0 Å². The maximum absolute atomic E-state index is 6.52. The van der Waals surface area contributed by atoms with Crippen molar-refractivity contribution in [3.8, 4) is 33.4 Å². The summed E-state index contributed by atoms with van der Waals surface area (Å²) in [6.45, 7) is 0. The molecule has 0 saturated heterocycles. The lowest BCUT2D eigenvalue weighted by molar-refractivity contribution is 0.671. The maximum atomic E-state index is 6.52. The van der Waals surface area contributed by atoms with Crippen LogP contribution in [0.2, 0.25) is 0 Å². The molecule has 2 nitrogen and oxygen atoms in total. The molecule has 6 aromatic carbocycles. The van der Waals surface area contributed by atoms with Crippen molar-refractivity contribution in [2.45, 2.75) is 0 Å². The Balaban J connectivity index is 1.54. The van der Waals surface area contributed by atoms with Crippen LogP contribution in [0, 0.1) is 0 Å². The molecular weight excluding hydrogens is 438 g/mol. The van der Waals surface area contributed by atoms with Crippen molar-refractivity contribution < 1.29 is 4.42 Å². The monoisotopic (exact) mass is 461 g/mol. The summed E-state index contributed by atoms with van der Waals surface area (Å²) in [5, 5.41) is 4.51. The molecule has 2 N–H and O–H groups in total. The van der Waals surface area contributed by atoms with E-state index < -0.39 is 0 Å². The van der Waals surface area contributed by atoms with Gasteiger partial charge in [0.15, 0.2) is 5.58 Å². The van der Waals surface area contributed by atoms with Gasteiger partial charge in [-0.2, -0.15) is 0 Å². The van der Waals surface area contributed by atoms with Gasteiger partial charge < -0.3 is 10.2 Å². The molecule has 1 heterocycles. The third-order valence-corrected chi connectivity index (χ3v) is 7.02. The highest BCUT2D eigenvalue weighted by Gasteiger charge is 2.19. The molecule has 0 aliphatic rings. The fourth-order valence-corrected chi connectivity index (χ4v) is 5.31. The molecule has 0 unspecified atom stereocenters. The van der Waals surface area contributed by atoms with Gasteiger partial charge in [-0.25, -0.2) is 0 Å². The van der Waals surface area contributed by atoms with Crippen molar-refractivity contribution in [1.29, 1.82) is 0 Å². The van der Waals surface area contributed by atoms with Gasteiger partial charge >= 0.3 is 0 Å². The summed E-state index contributed by atoms with van der Waals surface area (Å²) in [6, 6.07) is 44.5. The average Bonchev–Trinajstić information content (AvgIpc) is 3.34. The van der Waals surface area contributed by atoms with Crippen LogP contribution in [0.5, 0.6) is 0 Å². The minimum absolute atomic E-state index is 0.653. The molecule has 0 amide bonds. The summed E-state index contributed by atoms with van der Waals surface area (Å²) in [4.78, 5) is 0. The normalized spacial score (nSPS) is 11.4. The molecular formula is C34H23NO. The molecule has 0 spiro atoms. The van der Waals surface area contributed by atoms with E-state index >= 15 is 0 Å². The first-order chi connectivity index (χ1) is 17.8. The maximum Gasteiger partial charge on any atom is 0.158 e. The van der Waals surface area contributed by atoms with E-state index in [1.165, 1.54) is 33.0 Å². The topological polar surface area (TPSA) is 39.2 Å². The molecule has 7 rings (SSSR count). The van der Waals surface area contributed by atoms with Crippen LogP contribution < -0.4 is 5.73 Å². The molecule has 0 radical (unpaired) electrons. The molecule has 7 aromatic rings. The van der Waals surface area contributed by atoms with Gasteiger partial charge in [-0.3, -0.25) is 0 Å². The molecule has 0 saturated carbocycles. The minimum atomic E-state index is 0.653. The van der Waals surface area contributed by atoms with Crippen molar-refractivity contribution >= 4 is 38.4 Å². The Morgan fingerprint density at radius 3 is 1.81 bits per heavy atom. The lowest BCUT2D eigenvalue weighted by Gasteiger charge is -2.12. The number of anilines is 1. The third kappa shape index (κ3) is 3.19. The van der Waals surface area contributed by atoms with E-state index in [2.05, 4.69) is 103 Å². The van der Waals surface area contributed by atoms with Gasteiger partial charge in [0.05, 0.1) is 5.69 Å². The van der Waals surface area contributed by atoms with Gasteiger partial charge in [-0.15, -0.1) is 0 Å². The number of rotatable bonds is 3. The van der Waals surface area contributed by atoms with Crippen LogP contribution in [0.15, 0.2) is 132 Å². The predicted octanol–water partition coefficient (Wildman–Crippen LogP) is 9.32. The van der Waals surface area contributed by atoms with Gasteiger partial charge in [-0.1, -0.05) is 115 Å². The van der Waals surface area contributed by atoms with E-state index in [9.17, 15) is 0 Å². The molecule has 0 atom stereocenters. The van der Waals surface area contributed by atoms with E-state index in [4.69, 9.17) is 10.2 Å². The van der Waals surface area contributed by atoms with E-state index in [1.54, 1.807) is 0 Å². The molecule has 1 aromatic heterocycles. The first-order valence-corrected chi connectivity index (χ1v) is 12.2. The first-order valence-electron chi connectivity index (χ1n) is 12.2. The fraction of sp³-hybridized carbons (Fsp3) is 0. The summed E-state index contributed by atoms with van der Waals surface area (Å²) in [5.74, 6) is 0. The second kappa shape index (κ2) is 8.14. The Hall–Kier alpha value is -4.82. The van der Waals surface area contributed by atoms with Crippen molar-refractivity contribution in [2.75, 3.05) is 5.73 Å². The molecule has 36 heavy (non-hydrogen) atoms. The Bertz CT molecular complexity index is 1860. The largest absolute Gasteiger partial charge is 0.453 e. The third-order valence-electron chi connectivity index (χ3n) is 7.02. The zero-order chi connectivity index (χ0) is 24.1. The Labute approximate surface area is 209 Å². The second-order valence-electron chi connectivity index (χ2n) is 9.17. The highest BCUT2D eigenvalue weighted by molar-refractivity contribution is 6.26. The number of nitrogen functional groups attached to an aromatic ring is 1. The zero-order valence-electron chi connectivity index (χ0n) is 19.6. The lowest BCUT2D eigenvalue weighted by atomic mass is 9.90. The van der Waals surface area contributed by atoms with Gasteiger partial charge in [0.25, 0.3) is 0 Å². The molecule has 0 bridgehead atoms. The van der Waals surface area contributed by atoms with Crippen LogP contribution in [0.25, 0.3) is 66.1 Å². The van der Waals surface area contributed by atoms with Crippen LogP contribution in [-0.2, 0) is 0 Å². The highest BCUT2D eigenvalue weighted by atomic mass is 16.3. The Morgan fingerprint density at radius 1 is 0.444 bits per heavy atom. The van der Waals surface area contributed by atoms with Crippen LogP contribution in [0.4, 0.5) is 5.69 Å². The van der Waals surface area contributed by atoms with Crippen molar-refractivity contribution in [3.05, 3.63) is 127 Å². The number of para-hydroxylation sites is 1. The summed E-state index contributed by atoms with van der Waals surface area (Å²) >= 11 is 0. The summed E-state index contributed by atoms with van der Waals surface area (Å²) in [7, 11) is 0. The molecule has 0 aliphatic carbocycles. The second-order valence-corrected chi connectivity index (χ2v) is 9.17. The van der Waals surface area contributed by atoms with Crippen molar-refractivity contribution in [1.82, 2.24) is 0 Å². The number of hydrogen-bond acceptors (Lipinski definition) is 2. The van der Waals surface area contributed by atoms with Crippen LogP contribution in [-0.4, -0.2) is 0 Å². The van der Waals surface area contributed by atoms with Gasteiger partial charge in [0, 0.05) is 21.7 Å². The van der Waals surface area contributed by atoms with Crippen LogP contribution in [0.3, 0.4) is 0 Å². The Morgan fingerprint density at radius 2 is 1.06 bits per heavy atom. The SMILES string of the molecule is Nc1cccc2c1oc1c(-c3ccccc3)cc3cccc(-c4ccc(-c5ccccc5)cc4)c3c12. The summed E-state index contributed by atoms with van der Waals surface area (Å²) < 4.78 is 6.52. The number of nitrogens with two attached hydrogens (primary N) is 1. The fourth-order valence-electron chi connectivity index (χ4n) is 5.31. The van der Waals surface area contributed by atoms with Gasteiger partial charge in [0.1, 0.15) is 5.58 Å². The standard InChI is InChI=1S/C34H23NO/c35-30-16-8-15-28-32-31-26(21-29(34(32)36-33(28)30)24-11-5-2-6-12-24)13-7-14-27(31)25-19-17-23(18-20-25)22-9-3-1-4-10-22/h1-21H,35H2. The number of fused-ring (bicyclic) bond motifs is 5. The zero-order valence-corrected chi connectivity index (χ0v) is 19.6. The van der Waals surface area contributed by atoms with Crippen LogP contribution >= 0.6 is 0 Å². The highest BCUT2D eigenvalue weighted by Crippen LogP contribution is 2.45. The molecule has 170 valence electrons. The number of benzene rings is 6. The summed E-state index contributed by atoms with van der Waals surface area (Å²) in [6.07, 6.45) is 0. The molecule has 2 heteroatoms.